The molecule has 2 saturated heterocycles. The van der Waals surface area contributed by atoms with Gasteiger partial charge in [-0.2, -0.15) is 5.10 Å². The van der Waals surface area contributed by atoms with Gasteiger partial charge in [-0.05, 0) is 80.9 Å². The van der Waals surface area contributed by atoms with E-state index >= 15 is 0 Å². The largest absolute Gasteiger partial charge is 0.480 e. The zero-order chi connectivity index (χ0) is 28.8. The number of nitrogens with zero attached hydrogens (tertiary/aromatic N) is 5. The highest BCUT2D eigenvalue weighted by molar-refractivity contribution is 6.30. The second-order valence-corrected chi connectivity index (χ2v) is 12.9. The van der Waals surface area contributed by atoms with Crippen LogP contribution in [-0.2, 0) is 22.6 Å². The number of aromatic nitrogens is 3. The molecule has 10 heteroatoms. The Morgan fingerprint density at radius 2 is 1.73 bits per heavy atom. The van der Waals surface area contributed by atoms with Crippen LogP contribution in [0.3, 0.4) is 0 Å². The Hall–Kier alpha value is -2.49. The second kappa shape index (κ2) is 13.7. The summed E-state index contributed by atoms with van der Waals surface area (Å²) in [5, 5.41) is 18.3. The molecular weight excluding hydrogens is 540 g/mol. The number of carbonyl (C=O) groups is 2. The predicted octanol–water partition coefficient (Wildman–Crippen LogP) is 4.26. The minimum Gasteiger partial charge on any atom is -0.480 e. The van der Waals surface area contributed by atoms with Crippen molar-refractivity contribution in [3.8, 4) is 0 Å². The Labute approximate surface area is 248 Å². The van der Waals surface area contributed by atoms with Gasteiger partial charge in [0.2, 0.25) is 5.91 Å². The number of amides is 1. The summed E-state index contributed by atoms with van der Waals surface area (Å²) >= 11 is 6.14. The van der Waals surface area contributed by atoms with Crippen LogP contribution in [-0.4, -0.2) is 85.9 Å². The molecule has 224 valence electrons. The van der Waals surface area contributed by atoms with E-state index in [0.29, 0.717) is 30.5 Å². The van der Waals surface area contributed by atoms with Crippen molar-refractivity contribution in [3.63, 3.8) is 0 Å². The van der Waals surface area contributed by atoms with E-state index in [1.165, 1.54) is 32.1 Å². The third-order valence-electron chi connectivity index (χ3n) is 10.0. The Balaban J connectivity index is 1.26. The van der Waals surface area contributed by atoms with E-state index in [1.54, 1.807) is 13.3 Å². The molecule has 3 fully saturated rings. The molecule has 3 heterocycles. The minimum atomic E-state index is -0.787. The Morgan fingerprint density at radius 1 is 1.05 bits per heavy atom. The average molecular weight is 585 g/mol. The van der Waals surface area contributed by atoms with E-state index in [2.05, 4.69) is 20.3 Å². The molecule has 1 aromatic carbocycles. The van der Waals surface area contributed by atoms with Crippen molar-refractivity contribution in [2.45, 2.75) is 95.8 Å². The van der Waals surface area contributed by atoms with Crippen LogP contribution in [0.1, 0.15) is 70.3 Å². The summed E-state index contributed by atoms with van der Waals surface area (Å²) < 4.78 is 1.99. The minimum absolute atomic E-state index is 0.150. The van der Waals surface area contributed by atoms with Gasteiger partial charge in [0.1, 0.15) is 18.7 Å². The molecule has 2 N–H and O–H groups in total. The van der Waals surface area contributed by atoms with Crippen molar-refractivity contribution in [3.05, 3.63) is 47.5 Å². The van der Waals surface area contributed by atoms with Crippen LogP contribution in [0.25, 0.3) is 0 Å². The van der Waals surface area contributed by atoms with Crippen LogP contribution in [0.5, 0.6) is 0 Å². The monoisotopic (exact) mass is 584 g/mol. The first-order chi connectivity index (χ1) is 19.8. The molecule has 2 atom stereocenters. The topological polar surface area (TPSA) is 104 Å². The Kier molecular flexibility index (Phi) is 9.99. The van der Waals surface area contributed by atoms with Crippen LogP contribution >= 0.6 is 11.6 Å². The van der Waals surface area contributed by atoms with E-state index < -0.39 is 12.0 Å². The van der Waals surface area contributed by atoms with E-state index in [4.69, 9.17) is 11.6 Å². The molecule has 9 nitrogen and oxygen atoms in total. The lowest BCUT2D eigenvalue weighted by Gasteiger charge is -2.48. The molecule has 3 aliphatic rings. The van der Waals surface area contributed by atoms with E-state index in [1.807, 2.05) is 40.2 Å². The van der Waals surface area contributed by atoms with Crippen molar-refractivity contribution in [1.82, 2.24) is 29.9 Å². The number of rotatable bonds is 10. The number of piperidine rings is 2. The third kappa shape index (κ3) is 7.48. The van der Waals surface area contributed by atoms with E-state index in [-0.39, 0.29) is 23.4 Å². The van der Waals surface area contributed by atoms with Gasteiger partial charge in [0.25, 0.3) is 0 Å². The second-order valence-electron chi connectivity index (χ2n) is 12.5. The Bertz CT molecular complexity index is 1120. The lowest BCUT2D eigenvalue weighted by molar-refractivity contribution is -0.143. The first-order valence-electron chi connectivity index (χ1n) is 15.4. The zero-order valence-corrected chi connectivity index (χ0v) is 25.0. The lowest BCUT2D eigenvalue weighted by atomic mass is 9.63. The van der Waals surface area contributed by atoms with Crippen LogP contribution in [0.4, 0.5) is 0 Å². The van der Waals surface area contributed by atoms with Gasteiger partial charge >= 0.3 is 5.97 Å². The lowest BCUT2D eigenvalue weighted by Crippen LogP contribution is -2.57. The molecule has 0 radical (unpaired) electrons. The molecule has 2 aliphatic heterocycles. The van der Waals surface area contributed by atoms with Gasteiger partial charge in [0.05, 0.1) is 6.04 Å². The predicted molar refractivity (Wildman–Crippen MR) is 159 cm³/mol. The number of carboxylic acid groups (broad SMARTS) is 1. The molecule has 1 aliphatic carbocycles. The number of aliphatic carboxylic acids is 1. The van der Waals surface area contributed by atoms with Crippen molar-refractivity contribution in [1.29, 1.82) is 0 Å². The summed E-state index contributed by atoms with van der Waals surface area (Å²) in [6.07, 6.45) is 14.1. The molecule has 1 amide bonds. The summed E-state index contributed by atoms with van der Waals surface area (Å²) in [5.41, 5.74) is 1.23. The van der Waals surface area contributed by atoms with E-state index in [9.17, 15) is 14.7 Å². The molecule has 5 rings (SSSR count). The van der Waals surface area contributed by atoms with Crippen molar-refractivity contribution in [2.75, 3.05) is 26.2 Å². The van der Waals surface area contributed by atoms with Crippen LogP contribution < -0.4 is 5.32 Å². The Morgan fingerprint density at radius 3 is 2.34 bits per heavy atom. The molecule has 41 heavy (non-hydrogen) atoms. The highest BCUT2D eigenvalue weighted by atomic mass is 35.5. The van der Waals surface area contributed by atoms with Crippen LogP contribution in [0.2, 0.25) is 5.02 Å². The fourth-order valence-corrected chi connectivity index (χ4v) is 7.53. The molecule has 1 unspecified atom stereocenters. The first-order valence-corrected chi connectivity index (χ1v) is 15.8. The molecule has 0 bridgehead atoms. The maximum Gasteiger partial charge on any atom is 0.320 e. The zero-order valence-electron chi connectivity index (χ0n) is 24.3. The number of halogens is 1. The van der Waals surface area contributed by atoms with Gasteiger partial charge in [-0.3, -0.25) is 19.2 Å². The first kappa shape index (κ1) is 30.0. The normalized spacial score (nSPS) is 22.3. The van der Waals surface area contributed by atoms with Crippen LogP contribution in [0, 0.1) is 11.3 Å². The quantitative estimate of drug-likeness (QED) is 0.430. The smallest absolute Gasteiger partial charge is 0.320 e. The number of carbonyl (C=O) groups excluding carboxylic acids is 1. The number of nitrogens with one attached hydrogen (secondary N) is 1. The van der Waals surface area contributed by atoms with Gasteiger partial charge in [-0.15, -0.1) is 0 Å². The summed E-state index contributed by atoms with van der Waals surface area (Å²) in [7, 11) is 0. The highest BCUT2D eigenvalue weighted by Crippen LogP contribution is 2.47. The summed E-state index contributed by atoms with van der Waals surface area (Å²) in [6, 6.07) is 7.13. The van der Waals surface area contributed by atoms with Gasteiger partial charge in [0.15, 0.2) is 0 Å². The SMILES string of the molecule is CC(C(=O)O)N1CCC(N[C@H](Cc2ccc(Cl)cc2)C(=O)N2CCC(Cn3cncn3)(C3CCCCC3)CC2)CC1. The van der Waals surface area contributed by atoms with E-state index in [0.717, 1.165) is 50.9 Å². The highest BCUT2D eigenvalue weighted by Gasteiger charge is 2.44. The maximum absolute atomic E-state index is 14.1. The standard InChI is InChI=1S/C31H45ClN6O3/c1-23(30(40)41)36-15-11-27(12-16-36)35-28(19-24-7-9-26(32)10-8-24)29(39)37-17-13-31(14-18-37,20-38-22-33-21-34-38)25-5-3-2-4-6-25/h7-10,21-23,25,27-28,35H,2-6,11-20H2,1H3,(H,40,41)/t23?,28-/m1/s1. The third-order valence-corrected chi connectivity index (χ3v) is 10.3. The number of likely N-dealkylation sites (tertiary alicyclic amines) is 2. The van der Waals surface area contributed by atoms with Gasteiger partial charge < -0.3 is 15.3 Å². The molecule has 1 saturated carbocycles. The number of benzene rings is 1. The van der Waals surface area contributed by atoms with Gasteiger partial charge in [-0.25, -0.2) is 4.98 Å². The fraction of sp³-hybridized carbons (Fsp3) is 0.677. The summed E-state index contributed by atoms with van der Waals surface area (Å²) in [5.74, 6) is 0.0452. The van der Waals surface area contributed by atoms with Crippen molar-refractivity contribution in [2.24, 2.45) is 11.3 Å². The average Bonchev–Trinajstić information content (AvgIpc) is 3.51. The maximum atomic E-state index is 14.1. The van der Waals surface area contributed by atoms with Crippen molar-refractivity contribution >= 4 is 23.5 Å². The van der Waals surface area contributed by atoms with Gasteiger partial charge in [-0.1, -0.05) is 43.0 Å². The molecular formula is C31H45ClN6O3. The molecule has 0 spiro atoms. The van der Waals surface area contributed by atoms with Gasteiger partial charge in [0, 0.05) is 43.8 Å². The van der Waals surface area contributed by atoms with Crippen LogP contribution in [0.15, 0.2) is 36.9 Å². The number of hydrogen-bond acceptors (Lipinski definition) is 6. The number of carboxylic acids is 1. The molecule has 2 aromatic rings. The van der Waals surface area contributed by atoms with Crippen molar-refractivity contribution < 1.29 is 14.7 Å². The molecule has 1 aromatic heterocycles. The summed E-state index contributed by atoms with van der Waals surface area (Å²) in [4.78, 5) is 33.9. The number of hydrogen-bond donors (Lipinski definition) is 2. The summed E-state index contributed by atoms with van der Waals surface area (Å²) in [6.45, 7) is 5.57. The fourth-order valence-electron chi connectivity index (χ4n) is 7.41.